The normalized spacial score (nSPS) is 4.25. The molecule has 0 fully saturated rings. The third-order valence-corrected chi connectivity index (χ3v) is 0. The monoisotopic (exact) mass is 398 g/mol. The first-order chi connectivity index (χ1) is 2.73. The van der Waals surface area contributed by atoms with Gasteiger partial charge in [0, 0.05) is 7.11 Å². The molecule has 7 nitrogen and oxygen atoms in total. The van der Waals surface area contributed by atoms with Gasteiger partial charge in [-0.3, -0.25) is 0 Å². The van der Waals surface area contributed by atoms with Gasteiger partial charge >= 0.3 is 49.4 Å². The summed E-state index contributed by atoms with van der Waals surface area (Å²) in [6.45, 7) is 0. The average Bonchev–Trinajstić information content (AvgIpc) is 1.41. The van der Waals surface area contributed by atoms with Crippen LogP contribution in [-0.4, -0.2) is 45.1 Å². The summed E-state index contributed by atoms with van der Waals surface area (Å²) in [4.78, 5) is 0. The van der Waals surface area contributed by atoms with Crippen LogP contribution in [0.4, 0.5) is 0 Å². The van der Waals surface area contributed by atoms with E-state index >= 15 is 0 Å². The Hall–Kier alpha value is 2.17. The summed E-state index contributed by atoms with van der Waals surface area (Å²) in [6, 6.07) is 0. The van der Waals surface area contributed by atoms with Crippen molar-refractivity contribution in [3.8, 4) is 0 Å². The first kappa shape index (κ1) is 64.5. The van der Waals surface area contributed by atoms with Gasteiger partial charge in [-0.25, -0.2) is 0 Å². The molecule has 0 aromatic rings. The molecule has 0 aromatic carbocycles. The maximum atomic E-state index is 7.00. The molecule has 0 rings (SSSR count). The molecule has 0 aliphatic rings. The molecule has 0 aliphatic heterocycles. The molecule has 0 amide bonds. The summed E-state index contributed by atoms with van der Waals surface area (Å²) in [5.41, 5.74) is 0. The summed E-state index contributed by atoms with van der Waals surface area (Å²) in [5, 5.41) is 7.00. The first-order valence-electron chi connectivity index (χ1n) is 0.876. The van der Waals surface area contributed by atoms with E-state index in [0.717, 1.165) is 7.11 Å². The number of halogens is 3. The SMILES string of the molecule is CO.O.O.O.O.O.O.[Cl][Eu]([Cl])[Cl]. The molecule has 90 valence electrons. The van der Waals surface area contributed by atoms with Crippen LogP contribution in [0.3, 0.4) is 0 Å². The molecule has 12 heavy (non-hydrogen) atoms. The summed E-state index contributed by atoms with van der Waals surface area (Å²) < 4.78 is 15.0. The molecule has 0 bridgehead atoms. The van der Waals surface area contributed by atoms with Gasteiger partial charge in [-0.2, -0.15) is 0 Å². The molecule has 11 heteroatoms. The third kappa shape index (κ3) is 322. The van der Waals surface area contributed by atoms with Gasteiger partial charge in [-0.05, 0) is 0 Å². The molecule has 0 atom stereocenters. The van der Waals surface area contributed by atoms with Crippen molar-refractivity contribution in [2.75, 3.05) is 7.11 Å². The Labute approximate surface area is 92.8 Å². The topological polar surface area (TPSA) is 209 Å². The molecule has 0 unspecified atom stereocenters. The molecular formula is CH16Cl3EuO7. The summed E-state index contributed by atoms with van der Waals surface area (Å²) in [6.07, 6.45) is 0. The molecule has 0 radical (unpaired) electrons. The Balaban J connectivity index is -0.00000000317. The van der Waals surface area contributed by atoms with Gasteiger partial charge in [0.2, 0.25) is 0 Å². The minimum absolute atomic E-state index is 0. The number of hydrogen-bond acceptors (Lipinski definition) is 1. The van der Waals surface area contributed by atoms with Crippen molar-refractivity contribution in [1.29, 1.82) is 0 Å². The van der Waals surface area contributed by atoms with E-state index in [9.17, 15) is 0 Å². The predicted molar refractivity (Wildman–Crippen MR) is 47.4 cm³/mol. The van der Waals surface area contributed by atoms with E-state index in [1.165, 1.54) is 0 Å². The number of hydrogen-bond donors (Lipinski definition) is 1. The molecule has 0 heterocycles. The van der Waals surface area contributed by atoms with Gasteiger partial charge in [-0.1, -0.05) is 0 Å². The van der Waals surface area contributed by atoms with Crippen molar-refractivity contribution in [3.05, 3.63) is 0 Å². The van der Waals surface area contributed by atoms with Gasteiger partial charge in [0.1, 0.15) is 0 Å². The van der Waals surface area contributed by atoms with E-state index in [0.29, 0.717) is 0 Å². The minimum atomic E-state index is -2.05. The van der Waals surface area contributed by atoms with Crippen molar-refractivity contribution in [1.82, 2.24) is 0 Å². The number of aliphatic hydroxyl groups is 1. The van der Waals surface area contributed by atoms with E-state index in [1.807, 2.05) is 0 Å². The second kappa shape index (κ2) is 72.9. The molecule has 0 spiro atoms. The van der Waals surface area contributed by atoms with Gasteiger partial charge in [-0.15, -0.1) is 0 Å². The van der Waals surface area contributed by atoms with Crippen molar-refractivity contribution >= 4 is 12.5 Å². The van der Waals surface area contributed by atoms with Crippen LogP contribution in [0, 0.1) is 37.0 Å². The number of aliphatic hydroxyl groups excluding tert-OH is 1. The summed E-state index contributed by atoms with van der Waals surface area (Å²) in [7, 11) is 1.00. The quantitative estimate of drug-likeness (QED) is 0.437. The molecule has 0 saturated carbocycles. The first-order valence-corrected chi connectivity index (χ1v) is 9.98. The fraction of sp³-hybridized carbons (Fsp3) is 1.00. The molecule has 0 aliphatic carbocycles. The average molecular weight is 398 g/mol. The zero-order chi connectivity index (χ0) is 5.58. The van der Waals surface area contributed by atoms with Crippen LogP contribution in [0.15, 0.2) is 0 Å². The summed E-state index contributed by atoms with van der Waals surface area (Å²) in [5.74, 6) is 0. The fourth-order valence-electron chi connectivity index (χ4n) is 0. The van der Waals surface area contributed by atoms with Gasteiger partial charge in [0.05, 0.1) is 0 Å². The zero-order valence-electron chi connectivity index (χ0n) is 5.96. The van der Waals surface area contributed by atoms with E-state index in [2.05, 4.69) is 0 Å². The Morgan fingerprint density at radius 3 is 0.667 bits per heavy atom. The van der Waals surface area contributed by atoms with E-state index in [1.54, 1.807) is 0 Å². The maximum absolute atomic E-state index is 7.00. The Bertz CT molecular complexity index is 23.4. The van der Waals surface area contributed by atoms with Crippen LogP contribution in [0.25, 0.3) is 0 Å². The van der Waals surface area contributed by atoms with E-state index in [-0.39, 0.29) is 32.9 Å². The van der Waals surface area contributed by atoms with Crippen LogP contribution in [0.2, 0.25) is 0 Å². The molecule has 0 saturated heterocycles. The van der Waals surface area contributed by atoms with E-state index < -0.39 is 37.0 Å². The predicted octanol–water partition coefficient (Wildman–Crippen LogP) is -3.27. The van der Waals surface area contributed by atoms with Crippen molar-refractivity contribution < 1.29 is 74.9 Å². The van der Waals surface area contributed by atoms with Crippen molar-refractivity contribution in [3.63, 3.8) is 0 Å². The van der Waals surface area contributed by atoms with Gasteiger partial charge in [0.25, 0.3) is 0 Å². The van der Waals surface area contributed by atoms with Crippen LogP contribution >= 0.6 is 12.5 Å². The second-order valence-electron chi connectivity index (χ2n) is 0.162. The number of rotatable bonds is 0. The second-order valence-corrected chi connectivity index (χ2v) is 10.8. The van der Waals surface area contributed by atoms with Gasteiger partial charge < -0.3 is 38.0 Å². The molecule has 0 aromatic heterocycles. The van der Waals surface area contributed by atoms with Gasteiger partial charge in [0.15, 0.2) is 0 Å². The summed E-state index contributed by atoms with van der Waals surface area (Å²) >= 11 is -2.05. The van der Waals surface area contributed by atoms with Crippen molar-refractivity contribution in [2.24, 2.45) is 0 Å². The third-order valence-electron chi connectivity index (χ3n) is 0. The standard InChI is InChI=1S/CH4O.3ClH.Eu.6H2O/c1-2;;;;;;;;;;/h2H,1H3;3*1H;;6*1H2/q;;;;+3;;;;;;/p-3. The Kier molecular flexibility index (Phi) is 392. The van der Waals surface area contributed by atoms with E-state index in [4.69, 9.17) is 17.6 Å². The van der Waals surface area contributed by atoms with Crippen LogP contribution in [-0.2, 0) is 0 Å². The van der Waals surface area contributed by atoms with Crippen molar-refractivity contribution in [2.45, 2.75) is 0 Å². The molecule has 13 N–H and O–H groups in total. The Morgan fingerprint density at radius 1 is 0.667 bits per heavy atom. The molecular weight excluding hydrogens is 382 g/mol. The van der Waals surface area contributed by atoms with Crippen LogP contribution < -0.4 is 0 Å². The fourth-order valence-corrected chi connectivity index (χ4v) is 0. The zero-order valence-corrected chi connectivity index (χ0v) is 10.7. The Morgan fingerprint density at radius 2 is 0.667 bits per heavy atom. The van der Waals surface area contributed by atoms with Crippen LogP contribution in [0.1, 0.15) is 0 Å². The van der Waals surface area contributed by atoms with Crippen LogP contribution in [0.5, 0.6) is 0 Å².